The van der Waals surface area contributed by atoms with Gasteiger partial charge >= 0.3 is 0 Å². The standard InChI is InChI=1S/C12H25NOS/c1-3-10(14)9-13-11-7-5-6-8-12(11)15-4-2/h10-14H,3-9H2,1-2H3/t10-,11-,12-/m1/s1. The molecular formula is C12H25NOS. The highest BCUT2D eigenvalue weighted by Crippen LogP contribution is 2.28. The van der Waals surface area contributed by atoms with Gasteiger partial charge in [-0.3, -0.25) is 0 Å². The van der Waals surface area contributed by atoms with E-state index in [0.717, 1.165) is 18.2 Å². The fourth-order valence-corrected chi connectivity index (χ4v) is 3.40. The highest BCUT2D eigenvalue weighted by molar-refractivity contribution is 7.99. The zero-order chi connectivity index (χ0) is 11.1. The molecule has 0 aromatic heterocycles. The molecule has 2 N–H and O–H groups in total. The van der Waals surface area contributed by atoms with Gasteiger partial charge in [-0.15, -0.1) is 0 Å². The number of thioether (sulfide) groups is 1. The Bertz CT molecular complexity index is 164. The Morgan fingerprint density at radius 1 is 1.33 bits per heavy atom. The molecule has 0 saturated heterocycles. The first kappa shape index (κ1) is 13.3. The molecule has 0 heterocycles. The van der Waals surface area contributed by atoms with Gasteiger partial charge in [-0.1, -0.05) is 26.7 Å². The topological polar surface area (TPSA) is 32.3 Å². The van der Waals surface area contributed by atoms with Crippen LogP contribution in [0.4, 0.5) is 0 Å². The van der Waals surface area contributed by atoms with E-state index < -0.39 is 0 Å². The van der Waals surface area contributed by atoms with Crippen molar-refractivity contribution >= 4 is 11.8 Å². The van der Waals surface area contributed by atoms with Gasteiger partial charge in [0.15, 0.2) is 0 Å². The first-order chi connectivity index (χ1) is 7.27. The highest BCUT2D eigenvalue weighted by Gasteiger charge is 2.24. The minimum Gasteiger partial charge on any atom is -0.392 e. The maximum Gasteiger partial charge on any atom is 0.0662 e. The van der Waals surface area contributed by atoms with Gasteiger partial charge in [0.2, 0.25) is 0 Å². The molecular weight excluding hydrogens is 206 g/mol. The Morgan fingerprint density at radius 3 is 2.73 bits per heavy atom. The Morgan fingerprint density at radius 2 is 2.07 bits per heavy atom. The molecule has 1 saturated carbocycles. The van der Waals surface area contributed by atoms with E-state index in [9.17, 15) is 5.11 Å². The van der Waals surface area contributed by atoms with Crippen LogP contribution in [-0.4, -0.2) is 34.8 Å². The summed E-state index contributed by atoms with van der Waals surface area (Å²) in [6.07, 6.45) is 6.05. The van der Waals surface area contributed by atoms with Crippen molar-refractivity contribution < 1.29 is 5.11 Å². The number of rotatable bonds is 6. The van der Waals surface area contributed by atoms with Gasteiger partial charge in [-0.2, -0.15) is 11.8 Å². The van der Waals surface area contributed by atoms with E-state index >= 15 is 0 Å². The Labute approximate surface area is 98.2 Å². The molecule has 90 valence electrons. The normalized spacial score (nSPS) is 29.0. The van der Waals surface area contributed by atoms with Crippen LogP contribution in [0.3, 0.4) is 0 Å². The van der Waals surface area contributed by atoms with Gasteiger partial charge in [0.1, 0.15) is 0 Å². The highest BCUT2D eigenvalue weighted by atomic mass is 32.2. The smallest absolute Gasteiger partial charge is 0.0662 e. The second-order valence-corrected chi connectivity index (χ2v) is 5.87. The minimum absolute atomic E-state index is 0.167. The molecule has 1 aliphatic rings. The van der Waals surface area contributed by atoms with Crippen molar-refractivity contribution in [3.05, 3.63) is 0 Å². The van der Waals surface area contributed by atoms with E-state index in [-0.39, 0.29) is 6.10 Å². The van der Waals surface area contributed by atoms with Crippen molar-refractivity contribution in [1.29, 1.82) is 0 Å². The zero-order valence-corrected chi connectivity index (χ0v) is 10.9. The molecule has 0 amide bonds. The second-order valence-electron chi connectivity index (χ2n) is 4.36. The maximum absolute atomic E-state index is 9.54. The number of aliphatic hydroxyl groups excluding tert-OH is 1. The van der Waals surface area contributed by atoms with E-state index in [1.54, 1.807) is 0 Å². The van der Waals surface area contributed by atoms with Crippen LogP contribution in [0.15, 0.2) is 0 Å². The van der Waals surface area contributed by atoms with Crippen LogP contribution in [0.2, 0.25) is 0 Å². The predicted octanol–water partition coefficient (Wildman–Crippen LogP) is 2.41. The summed E-state index contributed by atoms with van der Waals surface area (Å²) in [5.41, 5.74) is 0. The fraction of sp³-hybridized carbons (Fsp3) is 1.00. The largest absolute Gasteiger partial charge is 0.392 e. The molecule has 0 aliphatic heterocycles. The van der Waals surface area contributed by atoms with E-state index in [4.69, 9.17) is 0 Å². The minimum atomic E-state index is -0.167. The summed E-state index contributed by atoms with van der Waals surface area (Å²) in [5, 5.41) is 13.8. The summed E-state index contributed by atoms with van der Waals surface area (Å²) in [6.45, 7) is 5.03. The lowest BCUT2D eigenvalue weighted by Crippen LogP contribution is -2.43. The van der Waals surface area contributed by atoms with Crippen molar-refractivity contribution in [3.8, 4) is 0 Å². The molecule has 1 fully saturated rings. The molecule has 15 heavy (non-hydrogen) atoms. The van der Waals surface area contributed by atoms with Crippen LogP contribution in [-0.2, 0) is 0 Å². The van der Waals surface area contributed by atoms with Crippen LogP contribution in [0.1, 0.15) is 46.0 Å². The molecule has 3 atom stereocenters. The third-order valence-electron chi connectivity index (χ3n) is 3.17. The van der Waals surface area contributed by atoms with Gasteiger partial charge in [-0.05, 0) is 25.0 Å². The van der Waals surface area contributed by atoms with Gasteiger partial charge in [-0.25, -0.2) is 0 Å². The number of aliphatic hydroxyl groups is 1. The molecule has 1 aliphatic carbocycles. The van der Waals surface area contributed by atoms with E-state index in [1.807, 2.05) is 6.92 Å². The molecule has 0 spiro atoms. The van der Waals surface area contributed by atoms with Crippen molar-refractivity contribution in [2.45, 2.75) is 63.3 Å². The predicted molar refractivity (Wildman–Crippen MR) is 68.5 cm³/mol. The zero-order valence-electron chi connectivity index (χ0n) is 10.0. The molecule has 0 unspecified atom stereocenters. The summed E-state index contributed by atoms with van der Waals surface area (Å²) in [4.78, 5) is 0. The maximum atomic E-state index is 9.54. The Hall–Kier alpha value is 0.270. The summed E-state index contributed by atoms with van der Waals surface area (Å²) in [6, 6.07) is 0.630. The Kier molecular flexibility index (Phi) is 6.69. The van der Waals surface area contributed by atoms with Gasteiger partial charge in [0.25, 0.3) is 0 Å². The molecule has 3 heteroatoms. The Balaban J connectivity index is 2.28. The molecule has 0 aromatic rings. The van der Waals surface area contributed by atoms with E-state index in [1.165, 1.54) is 31.4 Å². The third-order valence-corrected chi connectivity index (χ3v) is 4.50. The van der Waals surface area contributed by atoms with Crippen molar-refractivity contribution in [1.82, 2.24) is 5.32 Å². The van der Waals surface area contributed by atoms with Gasteiger partial charge < -0.3 is 10.4 Å². The SMILES string of the molecule is CCS[C@@H]1CCCC[C@H]1NC[C@H](O)CC. The van der Waals surface area contributed by atoms with Crippen LogP contribution < -0.4 is 5.32 Å². The summed E-state index contributed by atoms with van der Waals surface area (Å²) < 4.78 is 0. The number of nitrogens with one attached hydrogen (secondary N) is 1. The lowest BCUT2D eigenvalue weighted by atomic mass is 9.94. The third kappa shape index (κ3) is 4.75. The van der Waals surface area contributed by atoms with Crippen LogP contribution in [0, 0.1) is 0 Å². The fourth-order valence-electron chi connectivity index (χ4n) is 2.18. The molecule has 0 aromatic carbocycles. The average molecular weight is 231 g/mol. The van der Waals surface area contributed by atoms with Gasteiger partial charge in [0, 0.05) is 17.8 Å². The van der Waals surface area contributed by atoms with Crippen molar-refractivity contribution in [2.75, 3.05) is 12.3 Å². The number of hydrogen-bond acceptors (Lipinski definition) is 3. The molecule has 1 rings (SSSR count). The number of hydrogen-bond donors (Lipinski definition) is 2. The lowest BCUT2D eigenvalue weighted by molar-refractivity contribution is 0.159. The van der Waals surface area contributed by atoms with E-state index in [2.05, 4.69) is 24.0 Å². The summed E-state index contributed by atoms with van der Waals surface area (Å²) >= 11 is 2.08. The van der Waals surface area contributed by atoms with Crippen molar-refractivity contribution in [2.24, 2.45) is 0 Å². The summed E-state index contributed by atoms with van der Waals surface area (Å²) in [5.74, 6) is 1.21. The first-order valence-electron chi connectivity index (χ1n) is 6.31. The van der Waals surface area contributed by atoms with Crippen LogP contribution >= 0.6 is 11.8 Å². The van der Waals surface area contributed by atoms with Gasteiger partial charge in [0.05, 0.1) is 6.10 Å². The molecule has 0 bridgehead atoms. The molecule has 2 nitrogen and oxygen atoms in total. The quantitative estimate of drug-likeness (QED) is 0.736. The lowest BCUT2D eigenvalue weighted by Gasteiger charge is -2.32. The monoisotopic (exact) mass is 231 g/mol. The molecule has 0 radical (unpaired) electrons. The second kappa shape index (κ2) is 7.53. The first-order valence-corrected chi connectivity index (χ1v) is 7.35. The van der Waals surface area contributed by atoms with Crippen LogP contribution in [0.25, 0.3) is 0 Å². The summed E-state index contributed by atoms with van der Waals surface area (Å²) in [7, 11) is 0. The van der Waals surface area contributed by atoms with Crippen LogP contribution in [0.5, 0.6) is 0 Å². The van der Waals surface area contributed by atoms with Crippen molar-refractivity contribution in [3.63, 3.8) is 0 Å². The average Bonchev–Trinajstić information content (AvgIpc) is 2.28. The van der Waals surface area contributed by atoms with E-state index in [0.29, 0.717) is 6.04 Å².